The molecule has 152 valence electrons. The average molecular weight is 446 g/mol. The highest BCUT2D eigenvalue weighted by Gasteiger charge is 2.18. The van der Waals surface area contributed by atoms with Crippen LogP contribution in [-0.2, 0) is 11.2 Å². The number of amides is 1. The van der Waals surface area contributed by atoms with Gasteiger partial charge in [-0.2, -0.15) is 0 Å². The van der Waals surface area contributed by atoms with E-state index in [0.717, 1.165) is 12.1 Å². The number of nitrogens with one attached hydrogen (secondary N) is 1. The van der Waals surface area contributed by atoms with Crippen LogP contribution in [0.25, 0.3) is 28.5 Å². The summed E-state index contributed by atoms with van der Waals surface area (Å²) in [4.78, 5) is 12.4. The number of halogens is 2. The molecule has 1 amide bonds. The summed E-state index contributed by atoms with van der Waals surface area (Å²) in [6, 6.07) is 23.4. The maximum atomic E-state index is 12.4. The van der Waals surface area contributed by atoms with Crippen LogP contribution < -0.4 is 5.32 Å². The Balaban J connectivity index is 1.28. The molecule has 3 nitrogen and oxygen atoms in total. The van der Waals surface area contributed by atoms with Gasteiger partial charge in [-0.25, -0.2) is 0 Å². The molecule has 4 aromatic rings. The summed E-state index contributed by atoms with van der Waals surface area (Å²) in [5, 5.41) is 3.82. The summed E-state index contributed by atoms with van der Waals surface area (Å²) in [6.07, 6.45) is 3.96. The molecule has 0 saturated carbocycles. The van der Waals surface area contributed by atoms with Crippen LogP contribution >= 0.6 is 23.2 Å². The number of hydrogen-bond acceptors (Lipinski definition) is 2. The van der Waals surface area contributed by atoms with Gasteiger partial charge in [0, 0.05) is 17.3 Å². The van der Waals surface area contributed by atoms with Crippen molar-refractivity contribution in [2.24, 2.45) is 0 Å². The quantitative estimate of drug-likeness (QED) is 0.291. The predicted molar refractivity (Wildman–Crippen MR) is 127 cm³/mol. The highest BCUT2D eigenvalue weighted by atomic mass is 35.5. The van der Waals surface area contributed by atoms with Crippen molar-refractivity contribution in [1.82, 2.24) is 0 Å². The monoisotopic (exact) mass is 445 g/mol. The first-order chi connectivity index (χ1) is 15.1. The average Bonchev–Trinajstić information content (AvgIpc) is 3.38. The molecule has 0 bridgehead atoms. The van der Waals surface area contributed by atoms with Gasteiger partial charge in [-0.1, -0.05) is 59.6 Å². The minimum Gasteiger partial charge on any atom is -0.457 e. The number of benzene rings is 3. The van der Waals surface area contributed by atoms with Gasteiger partial charge in [-0.05, 0) is 71.1 Å². The van der Waals surface area contributed by atoms with Crippen molar-refractivity contribution in [3.8, 4) is 22.5 Å². The van der Waals surface area contributed by atoms with E-state index in [4.69, 9.17) is 27.6 Å². The zero-order valence-electron chi connectivity index (χ0n) is 16.4. The maximum absolute atomic E-state index is 12.4. The van der Waals surface area contributed by atoms with E-state index in [9.17, 15) is 4.79 Å². The fourth-order valence-corrected chi connectivity index (χ4v) is 4.24. The number of carbonyl (C=O) groups is 1. The molecule has 5 rings (SSSR count). The van der Waals surface area contributed by atoms with Crippen LogP contribution in [0.5, 0.6) is 0 Å². The molecule has 0 fully saturated rings. The molecule has 0 saturated heterocycles. The van der Waals surface area contributed by atoms with Crippen molar-refractivity contribution in [3.63, 3.8) is 0 Å². The standard InChI is InChI=1S/C26H17Cl2NO2/c27-23-7-3-6-22(26(23)28)24-12-9-19(31-24)10-13-25(30)29-18-8-11-21-17(15-18)14-16-4-1-2-5-20(16)21/h1-13,15H,14H2,(H,29,30). The summed E-state index contributed by atoms with van der Waals surface area (Å²) >= 11 is 12.3. The lowest BCUT2D eigenvalue weighted by atomic mass is 10.1. The lowest BCUT2D eigenvalue weighted by Crippen LogP contribution is -2.07. The molecule has 0 aliphatic heterocycles. The van der Waals surface area contributed by atoms with Gasteiger partial charge in [-0.15, -0.1) is 0 Å². The molecule has 0 atom stereocenters. The van der Waals surface area contributed by atoms with Crippen LogP contribution in [-0.4, -0.2) is 5.91 Å². The van der Waals surface area contributed by atoms with Crippen LogP contribution in [0.3, 0.4) is 0 Å². The number of carbonyl (C=O) groups excluding carboxylic acids is 1. The lowest BCUT2D eigenvalue weighted by molar-refractivity contribution is -0.111. The fourth-order valence-electron chi connectivity index (χ4n) is 3.85. The Bertz CT molecular complexity index is 1340. The molecule has 0 radical (unpaired) electrons. The van der Waals surface area contributed by atoms with Crippen molar-refractivity contribution in [2.75, 3.05) is 5.32 Å². The van der Waals surface area contributed by atoms with Gasteiger partial charge in [-0.3, -0.25) is 4.79 Å². The molecule has 1 aromatic heterocycles. The van der Waals surface area contributed by atoms with Crippen LogP contribution in [0.4, 0.5) is 5.69 Å². The summed E-state index contributed by atoms with van der Waals surface area (Å²) < 4.78 is 5.79. The van der Waals surface area contributed by atoms with Crippen molar-refractivity contribution >= 4 is 40.9 Å². The third-order valence-electron chi connectivity index (χ3n) is 5.30. The summed E-state index contributed by atoms with van der Waals surface area (Å²) in [5.74, 6) is 0.908. The van der Waals surface area contributed by atoms with Crippen LogP contribution in [0.1, 0.15) is 16.9 Å². The molecule has 31 heavy (non-hydrogen) atoms. The second kappa shape index (κ2) is 8.10. The molecule has 3 aromatic carbocycles. The van der Waals surface area contributed by atoms with Crippen molar-refractivity contribution in [1.29, 1.82) is 0 Å². The van der Waals surface area contributed by atoms with Gasteiger partial charge in [0.2, 0.25) is 5.91 Å². The molecule has 1 aliphatic carbocycles. The van der Waals surface area contributed by atoms with E-state index in [-0.39, 0.29) is 5.91 Å². The Morgan fingerprint density at radius 1 is 0.871 bits per heavy atom. The summed E-state index contributed by atoms with van der Waals surface area (Å²) in [6.45, 7) is 0. The predicted octanol–water partition coefficient (Wildman–Crippen LogP) is 7.48. The Morgan fingerprint density at radius 2 is 1.68 bits per heavy atom. The first-order valence-electron chi connectivity index (χ1n) is 9.83. The normalized spacial score (nSPS) is 12.1. The Morgan fingerprint density at radius 3 is 2.58 bits per heavy atom. The number of hydrogen-bond donors (Lipinski definition) is 1. The van der Waals surface area contributed by atoms with Gasteiger partial charge >= 0.3 is 0 Å². The van der Waals surface area contributed by atoms with E-state index in [2.05, 4.69) is 35.6 Å². The molecule has 5 heteroatoms. The van der Waals surface area contributed by atoms with Crippen LogP contribution in [0.15, 0.2) is 83.3 Å². The van der Waals surface area contributed by atoms with Gasteiger partial charge in [0.05, 0.1) is 10.0 Å². The second-order valence-corrected chi connectivity index (χ2v) is 8.12. The molecule has 1 aliphatic rings. The van der Waals surface area contributed by atoms with Gasteiger partial charge < -0.3 is 9.73 Å². The number of fused-ring (bicyclic) bond motifs is 3. The van der Waals surface area contributed by atoms with Crippen LogP contribution in [0.2, 0.25) is 10.0 Å². The van der Waals surface area contributed by atoms with E-state index in [0.29, 0.717) is 27.1 Å². The first kappa shape index (κ1) is 19.7. The Labute approximate surface area is 189 Å². The molecule has 1 heterocycles. The highest BCUT2D eigenvalue weighted by Crippen LogP contribution is 2.37. The molecule has 0 unspecified atom stereocenters. The zero-order valence-corrected chi connectivity index (χ0v) is 17.9. The smallest absolute Gasteiger partial charge is 0.248 e. The minimum absolute atomic E-state index is 0.228. The highest BCUT2D eigenvalue weighted by molar-refractivity contribution is 6.43. The summed E-state index contributed by atoms with van der Waals surface area (Å²) in [5.41, 5.74) is 6.51. The topological polar surface area (TPSA) is 42.2 Å². The van der Waals surface area contributed by atoms with Gasteiger partial charge in [0.15, 0.2) is 0 Å². The largest absolute Gasteiger partial charge is 0.457 e. The minimum atomic E-state index is -0.228. The number of furan rings is 1. The fraction of sp³-hybridized carbons (Fsp3) is 0.0385. The van der Waals surface area contributed by atoms with Crippen molar-refractivity contribution < 1.29 is 9.21 Å². The third kappa shape index (κ3) is 3.90. The van der Waals surface area contributed by atoms with E-state index < -0.39 is 0 Å². The van der Waals surface area contributed by atoms with E-state index >= 15 is 0 Å². The van der Waals surface area contributed by atoms with E-state index in [1.165, 1.54) is 28.3 Å². The number of anilines is 1. The Kier molecular flexibility index (Phi) is 5.14. The van der Waals surface area contributed by atoms with E-state index in [1.807, 2.05) is 24.3 Å². The van der Waals surface area contributed by atoms with Crippen molar-refractivity contribution in [2.45, 2.75) is 6.42 Å². The molecular weight excluding hydrogens is 429 g/mol. The second-order valence-electron chi connectivity index (χ2n) is 7.33. The maximum Gasteiger partial charge on any atom is 0.248 e. The molecule has 0 spiro atoms. The van der Waals surface area contributed by atoms with Gasteiger partial charge in [0.1, 0.15) is 11.5 Å². The van der Waals surface area contributed by atoms with Crippen molar-refractivity contribution in [3.05, 3.63) is 106 Å². The first-order valence-corrected chi connectivity index (χ1v) is 10.6. The van der Waals surface area contributed by atoms with E-state index in [1.54, 1.807) is 24.3 Å². The zero-order chi connectivity index (χ0) is 21.4. The number of rotatable bonds is 4. The summed E-state index contributed by atoms with van der Waals surface area (Å²) in [7, 11) is 0. The van der Waals surface area contributed by atoms with Crippen LogP contribution in [0, 0.1) is 0 Å². The third-order valence-corrected chi connectivity index (χ3v) is 6.12. The lowest BCUT2D eigenvalue weighted by Gasteiger charge is -2.06. The van der Waals surface area contributed by atoms with Gasteiger partial charge in [0.25, 0.3) is 0 Å². The molecular formula is C26H17Cl2NO2. The molecule has 1 N–H and O–H groups in total. The SMILES string of the molecule is O=C(C=Cc1ccc(-c2cccc(Cl)c2Cl)o1)Nc1ccc2c(c1)Cc1ccccc1-2. The Hall–Kier alpha value is -3.27.